The van der Waals surface area contributed by atoms with Gasteiger partial charge in [-0.3, -0.25) is 14.4 Å². The Bertz CT molecular complexity index is 1880. The fraction of sp³-hybridized carbons (Fsp3) is 0.250. The van der Waals surface area contributed by atoms with Crippen LogP contribution < -0.4 is 16.4 Å². The average molecular weight is 648 g/mol. The Morgan fingerprint density at radius 3 is 2.02 bits per heavy atom. The van der Waals surface area contributed by atoms with Crippen LogP contribution in [-0.4, -0.2) is 60.3 Å². The van der Waals surface area contributed by atoms with Gasteiger partial charge in [-0.15, -0.1) is 0 Å². The van der Waals surface area contributed by atoms with Crippen molar-refractivity contribution in [1.82, 2.24) is 30.2 Å². The molecule has 0 aliphatic heterocycles. The molecule has 12 nitrogen and oxygen atoms in total. The maximum Gasteiger partial charge on any atom is 0.326 e. The van der Waals surface area contributed by atoms with Crippen molar-refractivity contribution in [2.45, 2.75) is 51.2 Å². The lowest BCUT2D eigenvalue weighted by atomic mass is 9.89. The molecule has 3 unspecified atom stereocenters. The van der Waals surface area contributed by atoms with E-state index in [-0.39, 0.29) is 43.8 Å². The van der Waals surface area contributed by atoms with E-state index in [0.29, 0.717) is 11.2 Å². The maximum atomic E-state index is 14.0. The monoisotopic (exact) mass is 647 g/mol. The lowest BCUT2D eigenvalue weighted by Gasteiger charge is -2.23. The number of fused-ring (bicyclic) bond motifs is 1. The number of rotatable bonds is 15. The van der Waals surface area contributed by atoms with Crippen molar-refractivity contribution in [3.05, 3.63) is 120 Å². The van der Waals surface area contributed by atoms with Crippen LogP contribution in [0.2, 0.25) is 0 Å². The van der Waals surface area contributed by atoms with Crippen molar-refractivity contribution in [3.63, 3.8) is 0 Å². The van der Waals surface area contributed by atoms with Crippen LogP contribution in [0.3, 0.4) is 0 Å². The highest BCUT2D eigenvalue weighted by molar-refractivity contribution is 5.94. The van der Waals surface area contributed by atoms with E-state index in [1.165, 1.54) is 17.2 Å². The van der Waals surface area contributed by atoms with Crippen LogP contribution >= 0.6 is 0 Å². The number of carboxylic acids is 1. The van der Waals surface area contributed by atoms with Crippen LogP contribution in [-0.2, 0) is 45.0 Å². The number of nitrogen functional groups attached to an aromatic ring is 1. The number of hydrogen-bond acceptors (Lipinski definition) is 8. The third kappa shape index (κ3) is 8.87. The van der Waals surface area contributed by atoms with Crippen molar-refractivity contribution >= 4 is 40.5 Å². The number of benzene rings is 3. The maximum absolute atomic E-state index is 14.0. The number of ketones is 1. The van der Waals surface area contributed by atoms with E-state index in [4.69, 9.17) is 5.73 Å². The number of imidazole rings is 1. The number of amides is 2. The van der Waals surface area contributed by atoms with Crippen molar-refractivity contribution < 1.29 is 24.3 Å². The van der Waals surface area contributed by atoms with Gasteiger partial charge in [0.1, 0.15) is 24.4 Å². The van der Waals surface area contributed by atoms with Gasteiger partial charge in [-0.05, 0) is 36.5 Å². The topological polar surface area (TPSA) is 182 Å². The quantitative estimate of drug-likeness (QED) is 0.133. The van der Waals surface area contributed by atoms with E-state index in [1.54, 1.807) is 0 Å². The van der Waals surface area contributed by atoms with Gasteiger partial charge in [0.25, 0.3) is 0 Å². The Kier molecular flexibility index (Phi) is 10.9. The van der Waals surface area contributed by atoms with Crippen molar-refractivity contribution in [2.24, 2.45) is 5.92 Å². The number of hydrogen-bond donors (Lipinski definition) is 4. The summed E-state index contributed by atoms with van der Waals surface area (Å²) in [5.41, 5.74) is 10.0. The van der Waals surface area contributed by atoms with Gasteiger partial charge in [0.2, 0.25) is 11.8 Å². The average Bonchev–Trinajstić information content (AvgIpc) is 3.49. The minimum atomic E-state index is -1.20. The van der Waals surface area contributed by atoms with Crippen LogP contribution in [0, 0.1) is 12.8 Å². The van der Waals surface area contributed by atoms with Crippen molar-refractivity contribution in [2.75, 3.05) is 5.73 Å². The molecule has 3 aromatic carbocycles. The molecule has 5 aromatic rings. The van der Waals surface area contributed by atoms with E-state index in [1.807, 2.05) is 91.9 Å². The van der Waals surface area contributed by atoms with Crippen LogP contribution in [0.25, 0.3) is 11.2 Å². The fourth-order valence-electron chi connectivity index (χ4n) is 5.50. The molecular weight excluding hydrogens is 610 g/mol. The number of carbonyl (C=O) groups excluding carboxylic acids is 3. The van der Waals surface area contributed by atoms with Crippen LogP contribution in [0.15, 0.2) is 97.6 Å². The summed E-state index contributed by atoms with van der Waals surface area (Å²) in [6, 6.07) is 23.7. The lowest BCUT2D eigenvalue weighted by Crippen LogP contribution is -2.48. The highest BCUT2D eigenvalue weighted by atomic mass is 16.4. The molecule has 0 bridgehead atoms. The summed E-state index contributed by atoms with van der Waals surface area (Å²) in [4.78, 5) is 65.6. The van der Waals surface area contributed by atoms with Gasteiger partial charge in [-0.1, -0.05) is 90.5 Å². The van der Waals surface area contributed by atoms with Crippen LogP contribution in [0.4, 0.5) is 5.82 Å². The molecule has 5 N–H and O–H groups in total. The van der Waals surface area contributed by atoms with Gasteiger partial charge >= 0.3 is 5.97 Å². The summed E-state index contributed by atoms with van der Waals surface area (Å²) in [7, 11) is 0. The third-order valence-corrected chi connectivity index (χ3v) is 8.07. The Morgan fingerprint density at radius 1 is 0.771 bits per heavy atom. The Balaban J connectivity index is 1.36. The minimum Gasteiger partial charge on any atom is -0.480 e. The van der Waals surface area contributed by atoms with Gasteiger partial charge in [-0.25, -0.2) is 19.7 Å². The molecule has 48 heavy (non-hydrogen) atoms. The minimum absolute atomic E-state index is 0.0829. The summed E-state index contributed by atoms with van der Waals surface area (Å²) >= 11 is 0. The van der Waals surface area contributed by atoms with Crippen LogP contribution in [0.5, 0.6) is 0 Å². The molecule has 0 fully saturated rings. The number of nitrogens with one attached hydrogen (secondary N) is 2. The van der Waals surface area contributed by atoms with Crippen molar-refractivity contribution in [3.8, 4) is 0 Å². The molecule has 2 heterocycles. The number of aryl methyl sites for hydroxylation is 1. The van der Waals surface area contributed by atoms with E-state index in [2.05, 4.69) is 25.6 Å². The highest BCUT2D eigenvalue weighted by Crippen LogP contribution is 2.18. The first-order chi connectivity index (χ1) is 23.2. The Morgan fingerprint density at radius 2 is 1.38 bits per heavy atom. The molecule has 246 valence electrons. The predicted molar refractivity (Wildman–Crippen MR) is 180 cm³/mol. The van der Waals surface area contributed by atoms with Gasteiger partial charge in [0.05, 0.1) is 12.4 Å². The van der Waals surface area contributed by atoms with E-state index < -0.39 is 35.8 Å². The normalized spacial score (nSPS) is 12.9. The Hall–Kier alpha value is -5.91. The second-order valence-electron chi connectivity index (χ2n) is 11.8. The predicted octanol–water partition coefficient (Wildman–Crippen LogP) is 3.07. The highest BCUT2D eigenvalue weighted by Gasteiger charge is 2.31. The molecule has 2 aromatic heterocycles. The first-order valence-corrected chi connectivity index (χ1v) is 15.6. The molecule has 12 heteroatoms. The first-order valence-electron chi connectivity index (χ1n) is 15.6. The molecule has 0 saturated carbocycles. The molecule has 0 saturated heterocycles. The number of aromatic nitrogens is 4. The summed E-state index contributed by atoms with van der Waals surface area (Å²) in [5, 5.41) is 15.5. The molecule has 3 atom stereocenters. The number of nitrogens with two attached hydrogens (primary N) is 1. The molecule has 0 aliphatic carbocycles. The summed E-state index contributed by atoms with van der Waals surface area (Å²) < 4.78 is 1.51. The first kappa shape index (κ1) is 33.5. The second kappa shape index (κ2) is 15.6. The molecule has 0 spiro atoms. The van der Waals surface area contributed by atoms with Gasteiger partial charge in [0.15, 0.2) is 17.2 Å². The second-order valence-corrected chi connectivity index (χ2v) is 11.8. The number of carboxylic acid groups (broad SMARTS) is 1. The Labute approximate surface area is 277 Å². The van der Waals surface area contributed by atoms with Crippen molar-refractivity contribution in [1.29, 1.82) is 0 Å². The zero-order valence-corrected chi connectivity index (χ0v) is 26.5. The SMILES string of the molecule is Cc1ccc(CC(NC(=O)C(CC(=O)C(Cc2ccccc2)NC(=O)Cn2cnc3c(N)ncnc32)Cc2ccccc2)C(=O)O)cc1. The molecule has 0 radical (unpaired) electrons. The number of Topliss-reactive ketones (excluding diaryl/α,β-unsaturated/α-hetero) is 1. The number of anilines is 1. The lowest BCUT2D eigenvalue weighted by molar-refractivity contribution is -0.142. The van der Waals surface area contributed by atoms with E-state index in [0.717, 1.165) is 22.3 Å². The zero-order chi connectivity index (χ0) is 34.0. The molecule has 2 amide bonds. The van der Waals surface area contributed by atoms with Crippen LogP contribution in [0.1, 0.15) is 28.7 Å². The zero-order valence-electron chi connectivity index (χ0n) is 26.5. The number of carbonyl (C=O) groups is 4. The standard InChI is InChI=1S/C36H37N7O5/c1-23-12-14-26(15-13-23)18-29(36(47)48)42-35(46)27(16-24-8-4-2-5-9-24)19-30(44)28(17-25-10-6-3-7-11-25)41-31(45)20-43-22-40-32-33(37)38-21-39-34(32)43/h2-15,21-22,27-29H,16-20H2,1H3,(H,41,45)(H,42,46)(H,47,48)(H2,37,38,39). The number of aliphatic carboxylic acids is 1. The largest absolute Gasteiger partial charge is 0.480 e. The molecule has 5 rings (SSSR count). The summed E-state index contributed by atoms with van der Waals surface area (Å²) in [6.45, 7) is 1.75. The summed E-state index contributed by atoms with van der Waals surface area (Å²) in [5.74, 6) is -3.28. The van der Waals surface area contributed by atoms with E-state index in [9.17, 15) is 24.3 Å². The fourth-order valence-corrected chi connectivity index (χ4v) is 5.50. The number of nitrogens with zero attached hydrogens (tertiary/aromatic N) is 4. The van der Waals surface area contributed by atoms with Gasteiger partial charge < -0.3 is 26.0 Å². The third-order valence-electron chi connectivity index (χ3n) is 8.07. The van der Waals surface area contributed by atoms with Gasteiger partial charge in [-0.2, -0.15) is 0 Å². The molecule has 0 aliphatic rings. The summed E-state index contributed by atoms with van der Waals surface area (Å²) in [6.07, 6.45) is 2.95. The van der Waals surface area contributed by atoms with E-state index >= 15 is 0 Å². The molecular formula is C36H37N7O5. The van der Waals surface area contributed by atoms with Gasteiger partial charge in [0, 0.05) is 18.8 Å². The smallest absolute Gasteiger partial charge is 0.326 e.